The summed E-state index contributed by atoms with van der Waals surface area (Å²) in [4.78, 5) is 13.8. The first-order valence-corrected chi connectivity index (χ1v) is 8.79. The number of benzene rings is 1. The molecular formula is C18H25ClN4O3. The van der Waals surface area contributed by atoms with Crippen molar-refractivity contribution in [2.24, 2.45) is 0 Å². The Morgan fingerprint density at radius 2 is 2.08 bits per heavy atom. The van der Waals surface area contributed by atoms with Gasteiger partial charge in [-0.3, -0.25) is 4.79 Å². The van der Waals surface area contributed by atoms with Crippen molar-refractivity contribution in [1.29, 1.82) is 0 Å². The Bertz CT molecular complexity index is 766. The van der Waals surface area contributed by atoms with E-state index >= 15 is 0 Å². The average molecular weight is 381 g/mol. The minimum absolute atomic E-state index is 0.203. The largest absolute Gasteiger partial charge is 0.493 e. The number of ether oxygens (including phenoxy) is 2. The summed E-state index contributed by atoms with van der Waals surface area (Å²) in [5, 5.41) is 9.74. The number of rotatable bonds is 10. The van der Waals surface area contributed by atoms with Gasteiger partial charge in [0.05, 0.1) is 19.2 Å². The Kier molecular flexibility index (Phi) is 7.74. The highest BCUT2D eigenvalue weighted by atomic mass is 35.5. The summed E-state index contributed by atoms with van der Waals surface area (Å²) in [6, 6.07) is 5.53. The van der Waals surface area contributed by atoms with E-state index < -0.39 is 0 Å². The molecule has 2 rings (SSSR count). The Balaban J connectivity index is 1.76. The summed E-state index contributed by atoms with van der Waals surface area (Å²) >= 11 is 6.24. The van der Waals surface area contributed by atoms with Crippen LogP contribution in [0.3, 0.4) is 0 Å². The number of aromatic nitrogens is 2. The van der Waals surface area contributed by atoms with Crippen molar-refractivity contribution >= 4 is 17.3 Å². The first-order chi connectivity index (χ1) is 12.5. The van der Waals surface area contributed by atoms with Crippen LogP contribution in [0, 0.1) is 0 Å². The second-order valence-electron chi connectivity index (χ2n) is 5.95. The van der Waals surface area contributed by atoms with Gasteiger partial charge in [-0.25, -0.2) is 5.10 Å². The summed E-state index contributed by atoms with van der Waals surface area (Å²) < 4.78 is 10.6. The Hall–Kier alpha value is -2.25. The van der Waals surface area contributed by atoms with Crippen LogP contribution in [0.4, 0.5) is 5.69 Å². The van der Waals surface area contributed by atoms with Crippen LogP contribution in [-0.4, -0.2) is 56.0 Å². The van der Waals surface area contributed by atoms with Crippen LogP contribution in [0.2, 0.25) is 5.02 Å². The van der Waals surface area contributed by atoms with Gasteiger partial charge in [0.15, 0.2) is 11.5 Å². The van der Waals surface area contributed by atoms with E-state index in [1.54, 1.807) is 26.5 Å². The highest BCUT2D eigenvalue weighted by Gasteiger charge is 2.11. The first-order valence-electron chi connectivity index (χ1n) is 8.41. The number of likely N-dealkylation sites (N-methyl/N-ethyl adjacent to an activating group) is 1. The second-order valence-corrected chi connectivity index (χ2v) is 6.35. The van der Waals surface area contributed by atoms with Crippen LogP contribution in [0.25, 0.3) is 0 Å². The number of anilines is 1. The lowest BCUT2D eigenvalue weighted by atomic mass is 10.1. The van der Waals surface area contributed by atoms with E-state index in [0.29, 0.717) is 22.2 Å². The zero-order chi connectivity index (χ0) is 18.9. The molecule has 1 aromatic heterocycles. The molecule has 2 aromatic rings. The van der Waals surface area contributed by atoms with Crippen LogP contribution in [0.1, 0.15) is 12.0 Å². The minimum atomic E-state index is -0.203. The molecule has 2 N–H and O–H groups in total. The normalized spacial score (nSPS) is 10.8. The molecular weight excluding hydrogens is 356 g/mol. The van der Waals surface area contributed by atoms with Gasteiger partial charge < -0.3 is 19.7 Å². The SMILES string of the molecule is COc1cc(CCN(C)CCCNc2ccn[nH]c2=O)cc(Cl)c1OC. The maximum Gasteiger partial charge on any atom is 0.287 e. The van der Waals surface area contributed by atoms with Crippen molar-refractivity contribution in [3.05, 3.63) is 45.3 Å². The highest BCUT2D eigenvalue weighted by Crippen LogP contribution is 2.36. The quantitative estimate of drug-likeness (QED) is 0.616. The molecule has 0 atom stereocenters. The molecule has 7 nitrogen and oxygen atoms in total. The van der Waals surface area contributed by atoms with Crippen LogP contribution >= 0.6 is 11.6 Å². The third kappa shape index (κ3) is 5.64. The van der Waals surface area contributed by atoms with Crippen molar-refractivity contribution < 1.29 is 9.47 Å². The molecule has 8 heteroatoms. The highest BCUT2D eigenvalue weighted by molar-refractivity contribution is 6.32. The van der Waals surface area contributed by atoms with Crippen LogP contribution in [-0.2, 0) is 6.42 Å². The molecule has 0 aliphatic heterocycles. The van der Waals surface area contributed by atoms with E-state index in [1.807, 2.05) is 12.1 Å². The number of hydrogen-bond acceptors (Lipinski definition) is 6. The van der Waals surface area contributed by atoms with Gasteiger partial charge in [0, 0.05) is 19.3 Å². The number of nitrogens with zero attached hydrogens (tertiary/aromatic N) is 2. The maximum atomic E-state index is 11.5. The molecule has 1 heterocycles. The fourth-order valence-electron chi connectivity index (χ4n) is 2.60. The van der Waals surface area contributed by atoms with Gasteiger partial charge in [-0.15, -0.1) is 0 Å². The van der Waals surface area contributed by atoms with Crippen LogP contribution in [0.15, 0.2) is 29.2 Å². The first kappa shape index (κ1) is 20.1. The molecule has 0 saturated heterocycles. The monoisotopic (exact) mass is 380 g/mol. The summed E-state index contributed by atoms with van der Waals surface area (Å²) in [5.74, 6) is 1.20. The van der Waals surface area contributed by atoms with Crippen LogP contribution < -0.4 is 20.3 Å². The zero-order valence-corrected chi connectivity index (χ0v) is 16.1. The smallest absolute Gasteiger partial charge is 0.287 e. The molecule has 0 bridgehead atoms. The van der Waals surface area contributed by atoms with Gasteiger partial charge in [0.1, 0.15) is 5.69 Å². The third-order valence-corrected chi connectivity index (χ3v) is 4.31. The Labute approximate surface area is 158 Å². The molecule has 0 radical (unpaired) electrons. The van der Waals surface area contributed by atoms with Crippen molar-refractivity contribution in [1.82, 2.24) is 15.1 Å². The van der Waals surface area contributed by atoms with E-state index in [9.17, 15) is 4.79 Å². The summed E-state index contributed by atoms with van der Waals surface area (Å²) in [7, 11) is 5.25. The number of hydrogen-bond donors (Lipinski definition) is 2. The van der Waals surface area contributed by atoms with Gasteiger partial charge in [-0.1, -0.05) is 11.6 Å². The van der Waals surface area contributed by atoms with Gasteiger partial charge >= 0.3 is 0 Å². The number of halogens is 1. The molecule has 0 fully saturated rings. The molecule has 0 amide bonds. The van der Waals surface area contributed by atoms with E-state index in [2.05, 4.69) is 27.5 Å². The van der Waals surface area contributed by atoms with E-state index in [-0.39, 0.29) is 5.56 Å². The molecule has 1 aromatic carbocycles. The third-order valence-electron chi connectivity index (χ3n) is 4.03. The van der Waals surface area contributed by atoms with Crippen molar-refractivity contribution in [3.8, 4) is 11.5 Å². The second kappa shape index (κ2) is 10.0. The predicted octanol–water partition coefficient (Wildman–Crippen LogP) is 2.42. The summed E-state index contributed by atoms with van der Waals surface area (Å²) in [5.41, 5.74) is 1.44. The topological polar surface area (TPSA) is 79.5 Å². The lowest BCUT2D eigenvalue weighted by molar-refractivity contribution is 0.335. The summed E-state index contributed by atoms with van der Waals surface area (Å²) in [6.45, 7) is 2.53. The van der Waals surface area contributed by atoms with Crippen LogP contribution in [0.5, 0.6) is 11.5 Å². The minimum Gasteiger partial charge on any atom is -0.493 e. The molecule has 0 saturated carbocycles. The predicted molar refractivity (Wildman–Crippen MR) is 104 cm³/mol. The zero-order valence-electron chi connectivity index (χ0n) is 15.3. The molecule has 142 valence electrons. The fraction of sp³-hybridized carbons (Fsp3) is 0.444. The molecule has 0 aliphatic rings. The van der Waals surface area contributed by atoms with Crippen molar-refractivity contribution in [2.45, 2.75) is 12.8 Å². The summed E-state index contributed by atoms with van der Waals surface area (Å²) in [6.07, 6.45) is 3.34. The van der Waals surface area contributed by atoms with Crippen molar-refractivity contribution in [3.63, 3.8) is 0 Å². The number of H-pyrrole nitrogens is 1. The van der Waals surface area contributed by atoms with E-state index in [1.165, 1.54) is 0 Å². The molecule has 26 heavy (non-hydrogen) atoms. The number of methoxy groups -OCH3 is 2. The Morgan fingerprint density at radius 3 is 2.77 bits per heavy atom. The lowest BCUT2D eigenvalue weighted by Crippen LogP contribution is -2.25. The standard InChI is InChI=1S/C18H25ClN4O3/c1-23(9-4-7-20-15-5-8-21-22-18(15)24)10-6-13-11-14(19)17(26-3)16(12-13)25-2/h5,8,11-12H,4,6-7,9-10H2,1-3H3,(H,20,21)(H,22,24). The fourth-order valence-corrected chi connectivity index (χ4v) is 2.91. The van der Waals surface area contributed by atoms with Crippen molar-refractivity contribution in [2.75, 3.05) is 46.2 Å². The molecule has 0 aliphatic carbocycles. The Morgan fingerprint density at radius 1 is 1.27 bits per heavy atom. The van der Waals surface area contributed by atoms with Gasteiger partial charge in [0.25, 0.3) is 5.56 Å². The average Bonchev–Trinajstić information content (AvgIpc) is 2.64. The van der Waals surface area contributed by atoms with Gasteiger partial charge in [-0.05, 0) is 50.2 Å². The lowest BCUT2D eigenvalue weighted by Gasteiger charge is -2.18. The number of aromatic amines is 1. The van der Waals surface area contributed by atoms with Gasteiger partial charge in [-0.2, -0.15) is 5.10 Å². The maximum absolute atomic E-state index is 11.5. The number of nitrogens with one attached hydrogen (secondary N) is 2. The molecule has 0 spiro atoms. The van der Waals surface area contributed by atoms with E-state index in [4.69, 9.17) is 21.1 Å². The van der Waals surface area contributed by atoms with Gasteiger partial charge in [0.2, 0.25) is 0 Å². The molecule has 0 unspecified atom stereocenters. The van der Waals surface area contributed by atoms with E-state index in [0.717, 1.165) is 38.0 Å².